The van der Waals surface area contributed by atoms with E-state index in [0.29, 0.717) is 34.1 Å². The molecule has 10 heteroatoms. The Hall–Kier alpha value is -3.59. The van der Waals surface area contributed by atoms with E-state index in [0.717, 1.165) is 59.1 Å². The molecule has 8 nitrogen and oxygen atoms in total. The lowest BCUT2D eigenvalue weighted by Gasteiger charge is -2.14. The quantitative estimate of drug-likeness (QED) is 0.302. The zero-order valence-corrected chi connectivity index (χ0v) is 23.9. The van der Waals surface area contributed by atoms with Crippen LogP contribution in [0.4, 0.5) is 11.4 Å². The van der Waals surface area contributed by atoms with Crippen LogP contribution in [0.2, 0.25) is 10.0 Å². The van der Waals surface area contributed by atoms with Crippen LogP contribution in [0.5, 0.6) is 0 Å². The van der Waals surface area contributed by atoms with E-state index in [2.05, 4.69) is 25.8 Å². The highest BCUT2D eigenvalue weighted by Gasteiger charge is 2.26. The largest absolute Gasteiger partial charge is 0.358 e. The molecule has 2 aromatic carbocycles. The third kappa shape index (κ3) is 6.09. The number of H-pyrrole nitrogens is 1. The Bertz CT molecular complexity index is 1520. The number of rotatable bonds is 5. The summed E-state index contributed by atoms with van der Waals surface area (Å²) in [6.45, 7) is 7.52. The maximum Gasteiger partial charge on any atom is 0.256 e. The minimum atomic E-state index is -0.175. The van der Waals surface area contributed by atoms with Gasteiger partial charge in [-0.1, -0.05) is 23.2 Å². The molecule has 1 fully saturated rings. The molecule has 4 N–H and O–H groups in total. The SMILES string of the molecule is Cc1[nH]c(C=C2C(=O)Nc3ccc(Cl)cc32)c(C)c1C(=O)NCCN1CCCC1.O=C1Cc2cc(Cl)ccc2N1. The van der Waals surface area contributed by atoms with Crippen LogP contribution in [0, 0.1) is 13.8 Å². The van der Waals surface area contributed by atoms with E-state index in [4.69, 9.17) is 23.2 Å². The van der Waals surface area contributed by atoms with Crippen molar-refractivity contribution in [3.8, 4) is 0 Å². The fraction of sp³-hybridized carbons (Fsp3) is 0.300. The number of aromatic nitrogens is 1. The van der Waals surface area contributed by atoms with Gasteiger partial charge >= 0.3 is 0 Å². The van der Waals surface area contributed by atoms with Crippen LogP contribution in [0.15, 0.2) is 36.4 Å². The van der Waals surface area contributed by atoms with Crippen molar-refractivity contribution in [1.29, 1.82) is 0 Å². The van der Waals surface area contributed by atoms with Crippen molar-refractivity contribution in [3.63, 3.8) is 0 Å². The lowest BCUT2D eigenvalue weighted by Crippen LogP contribution is -2.33. The van der Waals surface area contributed by atoms with Crippen LogP contribution in [-0.2, 0) is 16.0 Å². The number of halogens is 2. The molecule has 0 atom stereocenters. The first-order chi connectivity index (χ1) is 19.2. The highest BCUT2D eigenvalue weighted by molar-refractivity contribution is 6.36. The maximum absolute atomic E-state index is 12.8. The molecule has 3 aromatic rings. The van der Waals surface area contributed by atoms with Gasteiger partial charge in [0, 0.05) is 51.5 Å². The summed E-state index contributed by atoms with van der Waals surface area (Å²) in [7, 11) is 0. The van der Waals surface area contributed by atoms with Crippen LogP contribution in [0.25, 0.3) is 11.6 Å². The molecule has 3 amide bonds. The first-order valence-corrected chi connectivity index (χ1v) is 14.1. The molecule has 0 saturated carbocycles. The molecule has 208 valence electrons. The van der Waals surface area contributed by atoms with Gasteiger partial charge in [-0.05, 0) is 93.4 Å². The van der Waals surface area contributed by atoms with E-state index in [1.165, 1.54) is 12.8 Å². The Labute approximate surface area is 243 Å². The standard InChI is InChI=1S/C22H25ClN4O2.C8H6ClNO/c1-13-19(12-17-16-11-15(23)5-6-18(16)26-21(17)28)25-14(2)20(13)22(29)24-7-10-27-8-3-4-9-27;9-6-1-2-7-5(3-6)4-8(11)10-7/h5-6,11-12,25H,3-4,7-10H2,1-2H3,(H,24,29)(H,26,28);1-3H,4H2,(H,10,11). The summed E-state index contributed by atoms with van der Waals surface area (Å²) in [5, 5.41) is 9.86. The third-order valence-corrected chi connectivity index (χ3v) is 7.83. The zero-order valence-electron chi connectivity index (χ0n) is 22.4. The highest BCUT2D eigenvalue weighted by Crippen LogP contribution is 2.35. The summed E-state index contributed by atoms with van der Waals surface area (Å²) in [5.41, 5.74) is 6.94. The predicted octanol–water partition coefficient (Wildman–Crippen LogP) is 5.44. The van der Waals surface area contributed by atoms with Crippen LogP contribution >= 0.6 is 23.2 Å². The Kier molecular flexibility index (Phi) is 8.30. The number of carbonyl (C=O) groups is 3. The van der Waals surface area contributed by atoms with Crippen molar-refractivity contribution >= 4 is 63.9 Å². The molecule has 0 aliphatic carbocycles. The van der Waals surface area contributed by atoms with Gasteiger partial charge in [-0.2, -0.15) is 0 Å². The second kappa shape index (κ2) is 11.9. The van der Waals surface area contributed by atoms with E-state index in [1.807, 2.05) is 26.0 Å². The summed E-state index contributed by atoms with van der Waals surface area (Å²) in [6, 6.07) is 10.7. The summed E-state index contributed by atoms with van der Waals surface area (Å²) in [5.74, 6) is -0.216. The minimum absolute atomic E-state index is 0.0438. The van der Waals surface area contributed by atoms with Crippen molar-refractivity contribution < 1.29 is 14.4 Å². The van der Waals surface area contributed by atoms with Gasteiger partial charge < -0.3 is 25.8 Å². The van der Waals surface area contributed by atoms with E-state index in [1.54, 1.807) is 30.3 Å². The molecule has 0 spiro atoms. The molecule has 3 aliphatic rings. The number of aromatic amines is 1. The number of fused-ring (bicyclic) bond motifs is 2. The monoisotopic (exact) mass is 579 g/mol. The molecular formula is C30H31Cl2N5O3. The van der Waals surface area contributed by atoms with Gasteiger partial charge in [0.25, 0.3) is 11.8 Å². The number of nitrogens with one attached hydrogen (secondary N) is 4. The normalized spacial score (nSPS) is 16.8. The molecule has 0 radical (unpaired) electrons. The molecule has 40 heavy (non-hydrogen) atoms. The summed E-state index contributed by atoms with van der Waals surface area (Å²) < 4.78 is 0. The van der Waals surface area contributed by atoms with E-state index >= 15 is 0 Å². The predicted molar refractivity (Wildman–Crippen MR) is 160 cm³/mol. The number of benzene rings is 2. The second-order valence-electron chi connectivity index (χ2n) is 10.2. The maximum atomic E-state index is 12.8. The molecule has 3 aliphatic heterocycles. The number of carbonyl (C=O) groups excluding carboxylic acids is 3. The van der Waals surface area contributed by atoms with E-state index < -0.39 is 0 Å². The molecule has 6 rings (SSSR count). The number of likely N-dealkylation sites (tertiary alicyclic amines) is 1. The topological polar surface area (TPSA) is 106 Å². The lowest BCUT2D eigenvalue weighted by atomic mass is 10.0. The second-order valence-corrected chi connectivity index (χ2v) is 11.1. The van der Waals surface area contributed by atoms with Gasteiger partial charge in [-0.25, -0.2) is 0 Å². The van der Waals surface area contributed by atoms with Gasteiger partial charge in [0.15, 0.2) is 0 Å². The third-order valence-electron chi connectivity index (χ3n) is 7.36. The number of hydrogen-bond acceptors (Lipinski definition) is 4. The molecule has 0 bridgehead atoms. The highest BCUT2D eigenvalue weighted by atomic mass is 35.5. The van der Waals surface area contributed by atoms with Crippen molar-refractivity contribution in [2.45, 2.75) is 33.1 Å². The Balaban J connectivity index is 0.000000244. The Morgan fingerprint density at radius 3 is 2.45 bits per heavy atom. The first-order valence-electron chi connectivity index (χ1n) is 13.3. The van der Waals surface area contributed by atoms with Crippen LogP contribution < -0.4 is 16.0 Å². The van der Waals surface area contributed by atoms with Gasteiger partial charge in [0.2, 0.25) is 5.91 Å². The number of nitrogens with zero attached hydrogens (tertiary/aromatic N) is 1. The number of anilines is 2. The van der Waals surface area contributed by atoms with Gasteiger partial charge in [-0.15, -0.1) is 0 Å². The molecule has 1 saturated heterocycles. The van der Waals surface area contributed by atoms with E-state index in [9.17, 15) is 14.4 Å². The smallest absolute Gasteiger partial charge is 0.256 e. The van der Waals surface area contributed by atoms with Crippen molar-refractivity contribution in [2.24, 2.45) is 0 Å². The van der Waals surface area contributed by atoms with Crippen molar-refractivity contribution in [3.05, 3.63) is 80.1 Å². The first kappa shape index (κ1) is 28.0. The number of aryl methyl sites for hydroxylation is 1. The summed E-state index contributed by atoms with van der Waals surface area (Å²) in [6.07, 6.45) is 4.73. The number of amides is 3. The van der Waals surface area contributed by atoms with E-state index in [-0.39, 0.29) is 17.7 Å². The fourth-order valence-corrected chi connectivity index (χ4v) is 5.69. The lowest BCUT2D eigenvalue weighted by molar-refractivity contribution is -0.115. The van der Waals surface area contributed by atoms with Crippen molar-refractivity contribution in [2.75, 3.05) is 36.8 Å². The van der Waals surface area contributed by atoms with Crippen LogP contribution in [0.1, 0.15) is 51.3 Å². The van der Waals surface area contributed by atoms with Crippen LogP contribution in [-0.4, -0.2) is 53.8 Å². The average molecular weight is 581 g/mol. The fourth-order valence-electron chi connectivity index (χ4n) is 5.33. The van der Waals surface area contributed by atoms with Crippen LogP contribution in [0.3, 0.4) is 0 Å². The molecule has 4 heterocycles. The summed E-state index contributed by atoms with van der Waals surface area (Å²) >= 11 is 11.8. The average Bonchev–Trinajstić information content (AvgIpc) is 3.67. The summed E-state index contributed by atoms with van der Waals surface area (Å²) in [4.78, 5) is 41.7. The van der Waals surface area contributed by atoms with Gasteiger partial charge in [0.1, 0.15) is 0 Å². The molecule has 0 unspecified atom stereocenters. The Morgan fingerprint density at radius 1 is 1.00 bits per heavy atom. The number of hydrogen-bond donors (Lipinski definition) is 4. The van der Waals surface area contributed by atoms with Crippen molar-refractivity contribution in [1.82, 2.24) is 15.2 Å². The zero-order chi connectivity index (χ0) is 28.4. The van der Waals surface area contributed by atoms with Gasteiger partial charge in [0.05, 0.1) is 17.6 Å². The van der Waals surface area contributed by atoms with Gasteiger partial charge in [-0.3, -0.25) is 14.4 Å². The molecular weight excluding hydrogens is 549 g/mol. The molecule has 1 aromatic heterocycles. The minimum Gasteiger partial charge on any atom is -0.358 e. The Morgan fingerprint density at radius 2 is 1.70 bits per heavy atom.